The topological polar surface area (TPSA) is 55.3 Å². The summed E-state index contributed by atoms with van der Waals surface area (Å²) in [5.41, 5.74) is 9.32. The molecule has 0 bridgehead atoms. The molecule has 4 heteroatoms. The molecule has 1 aromatic heterocycles. The highest BCUT2D eigenvalue weighted by molar-refractivity contribution is 5.86. The maximum Gasteiger partial charge on any atom is 0.298 e. The Morgan fingerprint density at radius 3 is 2.62 bits per heavy atom. The maximum atomic E-state index is 5.96. The van der Waals surface area contributed by atoms with Crippen molar-refractivity contribution < 1.29 is 4.42 Å². The quantitative estimate of drug-likeness (QED) is 0.722. The van der Waals surface area contributed by atoms with E-state index >= 15 is 0 Å². The normalized spacial score (nSPS) is 10.9. The van der Waals surface area contributed by atoms with Gasteiger partial charge < -0.3 is 15.1 Å². The van der Waals surface area contributed by atoms with Gasteiger partial charge in [-0.1, -0.05) is 43.3 Å². The van der Waals surface area contributed by atoms with Crippen molar-refractivity contribution in [3.05, 3.63) is 54.1 Å². The van der Waals surface area contributed by atoms with Crippen LogP contribution in [-0.4, -0.2) is 11.5 Å². The highest BCUT2D eigenvalue weighted by atomic mass is 16.4. The van der Waals surface area contributed by atoms with Crippen LogP contribution in [0, 0.1) is 0 Å². The molecule has 21 heavy (non-hydrogen) atoms. The lowest BCUT2D eigenvalue weighted by Crippen LogP contribution is -2.23. The second-order valence-corrected chi connectivity index (χ2v) is 5.10. The van der Waals surface area contributed by atoms with Crippen LogP contribution in [0.5, 0.6) is 0 Å². The smallest absolute Gasteiger partial charge is 0.298 e. The standard InChI is InChI=1S/C17H19N3O/c1-2-11-20(12-13-7-4-3-5-8-13)17-19-16-14(18)9-6-10-15(16)21-17/h3-10H,2,11-12,18H2,1H3. The van der Waals surface area contributed by atoms with Gasteiger partial charge in [0.25, 0.3) is 6.01 Å². The van der Waals surface area contributed by atoms with Crippen molar-refractivity contribution in [2.75, 3.05) is 17.2 Å². The van der Waals surface area contributed by atoms with Crippen molar-refractivity contribution in [1.29, 1.82) is 0 Å². The van der Waals surface area contributed by atoms with Gasteiger partial charge in [-0.2, -0.15) is 4.98 Å². The molecule has 0 radical (unpaired) electrons. The Morgan fingerprint density at radius 2 is 1.90 bits per heavy atom. The summed E-state index contributed by atoms with van der Waals surface area (Å²) in [5.74, 6) is 0. The Kier molecular flexibility index (Phi) is 3.77. The van der Waals surface area contributed by atoms with Crippen LogP contribution in [0.1, 0.15) is 18.9 Å². The number of aromatic nitrogens is 1. The van der Waals surface area contributed by atoms with Crippen molar-refractivity contribution in [2.45, 2.75) is 19.9 Å². The molecule has 0 spiro atoms. The zero-order valence-corrected chi connectivity index (χ0v) is 12.1. The number of fused-ring (bicyclic) bond motifs is 1. The highest BCUT2D eigenvalue weighted by Crippen LogP contribution is 2.26. The van der Waals surface area contributed by atoms with Crippen molar-refractivity contribution in [3.8, 4) is 0 Å². The predicted molar refractivity (Wildman–Crippen MR) is 86.2 cm³/mol. The Bertz CT molecular complexity index is 721. The van der Waals surface area contributed by atoms with Gasteiger partial charge in [0.1, 0.15) is 5.52 Å². The largest absolute Gasteiger partial charge is 0.423 e. The molecule has 0 aliphatic carbocycles. The van der Waals surface area contributed by atoms with E-state index in [0.29, 0.717) is 11.7 Å². The number of anilines is 2. The number of benzene rings is 2. The Labute approximate surface area is 124 Å². The molecule has 0 amide bonds. The molecule has 2 N–H and O–H groups in total. The first-order valence-electron chi connectivity index (χ1n) is 7.22. The number of hydrogen-bond acceptors (Lipinski definition) is 4. The second-order valence-electron chi connectivity index (χ2n) is 5.10. The van der Waals surface area contributed by atoms with Crippen molar-refractivity contribution in [3.63, 3.8) is 0 Å². The van der Waals surface area contributed by atoms with Crippen LogP contribution >= 0.6 is 0 Å². The molecule has 0 aliphatic rings. The van der Waals surface area contributed by atoms with Gasteiger partial charge in [-0.25, -0.2) is 0 Å². The SMILES string of the molecule is CCCN(Cc1ccccc1)c1nc2c(N)cccc2o1. The van der Waals surface area contributed by atoms with Crippen LogP contribution < -0.4 is 10.6 Å². The van der Waals surface area contributed by atoms with Gasteiger partial charge in [-0.05, 0) is 24.1 Å². The average molecular weight is 281 g/mol. The first-order chi connectivity index (χ1) is 10.3. The molecule has 4 nitrogen and oxygen atoms in total. The minimum atomic E-state index is 0.633. The molecule has 108 valence electrons. The number of nitrogen functional groups attached to an aromatic ring is 1. The van der Waals surface area contributed by atoms with E-state index in [1.807, 2.05) is 36.4 Å². The molecule has 2 aromatic carbocycles. The minimum absolute atomic E-state index is 0.633. The molecule has 3 aromatic rings. The summed E-state index contributed by atoms with van der Waals surface area (Å²) in [6, 6.07) is 16.6. The van der Waals surface area contributed by atoms with Crippen molar-refractivity contribution in [2.24, 2.45) is 0 Å². The van der Waals surface area contributed by atoms with Crippen LogP contribution in [0.3, 0.4) is 0 Å². The van der Waals surface area contributed by atoms with E-state index < -0.39 is 0 Å². The Balaban J connectivity index is 1.93. The summed E-state index contributed by atoms with van der Waals surface area (Å²) in [6.45, 7) is 3.82. The zero-order chi connectivity index (χ0) is 14.7. The molecule has 0 aliphatic heterocycles. The summed E-state index contributed by atoms with van der Waals surface area (Å²) in [4.78, 5) is 6.71. The van der Waals surface area contributed by atoms with Gasteiger partial charge in [0, 0.05) is 13.1 Å². The summed E-state index contributed by atoms with van der Waals surface area (Å²) in [5, 5.41) is 0. The van der Waals surface area contributed by atoms with E-state index in [4.69, 9.17) is 10.2 Å². The van der Waals surface area contributed by atoms with Crippen molar-refractivity contribution in [1.82, 2.24) is 4.98 Å². The van der Waals surface area contributed by atoms with E-state index in [-0.39, 0.29) is 0 Å². The van der Waals surface area contributed by atoms with E-state index in [1.165, 1.54) is 5.56 Å². The summed E-state index contributed by atoms with van der Waals surface area (Å²) >= 11 is 0. The number of rotatable bonds is 5. The third kappa shape index (κ3) is 2.84. The summed E-state index contributed by atoms with van der Waals surface area (Å²) < 4.78 is 5.87. The van der Waals surface area contributed by atoms with Crippen LogP contribution in [0.4, 0.5) is 11.7 Å². The fourth-order valence-electron chi connectivity index (χ4n) is 2.41. The lowest BCUT2D eigenvalue weighted by atomic mass is 10.2. The molecular weight excluding hydrogens is 262 g/mol. The molecular formula is C17H19N3O. The van der Waals surface area contributed by atoms with Crippen LogP contribution in [0.25, 0.3) is 11.1 Å². The summed E-state index contributed by atoms with van der Waals surface area (Å²) in [7, 11) is 0. The van der Waals surface area contributed by atoms with Crippen LogP contribution in [0.2, 0.25) is 0 Å². The minimum Gasteiger partial charge on any atom is -0.423 e. The molecule has 3 rings (SSSR count). The van der Waals surface area contributed by atoms with E-state index in [9.17, 15) is 0 Å². The Hall–Kier alpha value is -2.49. The molecule has 0 saturated carbocycles. The molecule has 0 atom stereocenters. The van der Waals surface area contributed by atoms with Crippen molar-refractivity contribution >= 4 is 22.8 Å². The highest BCUT2D eigenvalue weighted by Gasteiger charge is 2.15. The molecule has 0 unspecified atom stereocenters. The first-order valence-corrected chi connectivity index (χ1v) is 7.22. The predicted octanol–water partition coefficient (Wildman–Crippen LogP) is 3.83. The lowest BCUT2D eigenvalue weighted by Gasteiger charge is -2.19. The van der Waals surface area contributed by atoms with Crippen LogP contribution in [0.15, 0.2) is 52.9 Å². The van der Waals surface area contributed by atoms with Gasteiger partial charge in [0.15, 0.2) is 5.58 Å². The van der Waals surface area contributed by atoms with Crippen LogP contribution in [-0.2, 0) is 6.54 Å². The fraction of sp³-hybridized carbons (Fsp3) is 0.235. The monoisotopic (exact) mass is 281 g/mol. The number of nitrogens with two attached hydrogens (primary N) is 1. The second kappa shape index (κ2) is 5.87. The van der Waals surface area contributed by atoms with E-state index in [1.54, 1.807) is 0 Å². The third-order valence-electron chi connectivity index (χ3n) is 3.42. The van der Waals surface area contributed by atoms with Gasteiger partial charge >= 0.3 is 0 Å². The maximum absolute atomic E-state index is 5.96. The number of nitrogens with zero attached hydrogens (tertiary/aromatic N) is 2. The van der Waals surface area contributed by atoms with Gasteiger partial charge in [0.2, 0.25) is 0 Å². The third-order valence-corrected chi connectivity index (χ3v) is 3.42. The number of hydrogen-bond donors (Lipinski definition) is 1. The Morgan fingerprint density at radius 1 is 1.10 bits per heavy atom. The van der Waals surface area contributed by atoms with Gasteiger partial charge in [-0.15, -0.1) is 0 Å². The van der Waals surface area contributed by atoms with E-state index in [2.05, 4.69) is 28.9 Å². The number of para-hydroxylation sites is 1. The molecule has 1 heterocycles. The molecule has 0 saturated heterocycles. The zero-order valence-electron chi connectivity index (χ0n) is 12.1. The first kappa shape index (κ1) is 13.5. The number of oxazole rings is 1. The van der Waals surface area contributed by atoms with E-state index in [0.717, 1.165) is 30.6 Å². The van der Waals surface area contributed by atoms with Gasteiger partial charge in [-0.3, -0.25) is 0 Å². The molecule has 0 fully saturated rings. The fourth-order valence-corrected chi connectivity index (χ4v) is 2.41. The van der Waals surface area contributed by atoms with Gasteiger partial charge in [0.05, 0.1) is 5.69 Å². The average Bonchev–Trinajstić information content (AvgIpc) is 2.93. The lowest BCUT2D eigenvalue weighted by molar-refractivity contribution is 0.561. The summed E-state index contributed by atoms with van der Waals surface area (Å²) in [6.07, 6.45) is 1.03.